The van der Waals surface area contributed by atoms with Crippen LogP contribution in [0.1, 0.15) is 65.2 Å². The highest BCUT2D eigenvalue weighted by Crippen LogP contribution is 2.41. The van der Waals surface area contributed by atoms with Gasteiger partial charge < -0.3 is 18.9 Å². The molecular formula is C27H31F6N3O4. The maximum absolute atomic E-state index is 13.3. The van der Waals surface area contributed by atoms with E-state index in [2.05, 4.69) is 5.32 Å². The molecule has 1 aromatic carbocycles. The highest BCUT2D eigenvalue weighted by molar-refractivity contribution is 5.99. The number of halogens is 6. The maximum Gasteiger partial charge on any atom is 0.456 e. The van der Waals surface area contributed by atoms with E-state index in [0.29, 0.717) is 48.5 Å². The van der Waals surface area contributed by atoms with Crippen molar-refractivity contribution in [2.24, 2.45) is 0 Å². The van der Waals surface area contributed by atoms with Gasteiger partial charge in [0.2, 0.25) is 0 Å². The third-order valence-corrected chi connectivity index (χ3v) is 7.32. The van der Waals surface area contributed by atoms with Crippen molar-refractivity contribution in [3.05, 3.63) is 52.8 Å². The van der Waals surface area contributed by atoms with E-state index in [1.807, 2.05) is 13.8 Å². The summed E-state index contributed by atoms with van der Waals surface area (Å²) in [7, 11) is 1.39. The first kappa shape index (κ1) is 29.9. The third kappa shape index (κ3) is 6.30. The lowest BCUT2D eigenvalue weighted by atomic mass is 9.79. The lowest BCUT2D eigenvalue weighted by Crippen LogP contribution is -2.63. The number of rotatable bonds is 7. The summed E-state index contributed by atoms with van der Waals surface area (Å²) in [6.07, 6.45) is -9.55. The smallest absolute Gasteiger partial charge is 0.456 e. The minimum Gasteiger partial charge on any atom is -0.496 e. The van der Waals surface area contributed by atoms with E-state index < -0.39 is 47.9 Å². The van der Waals surface area contributed by atoms with Gasteiger partial charge in [-0.1, -0.05) is 6.07 Å². The second-order valence-electron chi connectivity index (χ2n) is 10.8. The van der Waals surface area contributed by atoms with Crippen molar-refractivity contribution >= 4 is 11.7 Å². The van der Waals surface area contributed by atoms with Crippen LogP contribution < -0.4 is 10.1 Å². The van der Waals surface area contributed by atoms with Crippen LogP contribution >= 0.6 is 0 Å². The van der Waals surface area contributed by atoms with Gasteiger partial charge in [0.25, 0.3) is 11.7 Å². The van der Waals surface area contributed by atoms with Crippen LogP contribution in [0.2, 0.25) is 0 Å². The summed E-state index contributed by atoms with van der Waals surface area (Å²) in [5.41, 5.74) is -0.322. The molecule has 0 bridgehead atoms. The van der Waals surface area contributed by atoms with Crippen LogP contribution in [0.5, 0.6) is 5.75 Å². The normalized spacial score (nSPS) is 18.5. The van der Waals surface area contributed by atoms with Crippen LogP contribution in [0.25, 0.3) is 0 Å². The molecule has 1 fully saturated rings. The number of nitrogens with one attached hydrogen (secondary N) is 1. The molecule has 0 radical (unpaired) electrons. The van der Waals surface area contributed by atoms with E-state index in [0.717, 1.165) is 0 Å². The largest absolute Gasteiger partial charge is 0.496 e. The van der Waals surface area contributed by atoms with Crippen molar-refractivity contribution in [3.8, 4) is 5.75 Å². The first-order chi connectivity index (χ1) is 18.6. The van der Waals surface area contributed by atoms with Crippen molar-refractivity contribution in [3.63, 3.8) is 0 Å². The Kier molecular flexibility index (Phi) is 8.03. The summed E-state index contributed by atoms with van der Waals surface area (Å²) < 4.78 is 88.6. The molecule has 1 spiro atoms. The van der Waals surface area contributed by atoms with Gasteiger partial charge in [-0.15, -0.1) is 0 Å². The fraction of sp³-hybridized carbons (Fsp3) is 0.556. The zero-order valence-electron chi connectivity index (χ0n) is 22.3. The molecular weight excluding hydrogens is 544 g/mol. The van der Waals surface area contributed by atoms with Crippen LogP contribution in [0, 0.1) is 0 Å². The van der Waals surface area contributed by atoms with Gasteiger partial charge in [0.05, 0.1) is 38.0 Å². The fourth-order valence-electron chi connectivity index (χ4n) is 5.57. The average Bonchev–Trinajstić information content (AvgIpc) is 3.28. The molecule has 2 aromatic rings. The number of nitrogens with zero attached hydrogens (tertiary/aromatic N) is 2. The number of Topliss-reactive ketones (excluding diaryl/α,β-unsaturated/α-hetero) is 1. The summed E-state index contributed by atoms with van der Waals surface area (Å²) in [6, 6.07) is 7.41. The molecule has 0 unspecified atom stereocenters. The van der Waals surface area contributed by atoms with E-state index in [9.17, 15) is 35.9 Å². The van der Waals surface area contributed by atoms with Crippen molar-refractivity contribution in [1.82, 2.24) is 14.8 Å². The van der Waals surface area contributed by atoms with E-state index in [4.69, 9.17) is 9.47 Å². The van der Waals surface area contributed by atoms with Gasteiger partial charge in [-0.2, -0.15) is 26.3 Å². The van der Waals surface area contributed by atoms with Crippen LogP contribution in [-0.4, -0.2) is 65.9 Å². The summed E-state index contributed by atoms with van der Waals surface area (Å²) >= 11 is 0. The highest BCUT2D eigenvalue weighted by Gasteiger charge is 2.49. The summed E-state index contributed by atoms with van der Waals surface area (Å²) in [4.78, 5) is 27.0. The number of fused-ring (bicyclic) bond motifs is 2. The zero-order chi connectivity index (χ0) is 29.5. The highest BCUT2D eigenvalue weighted by atomic mass is 19.4. The van der Waals surface area contributed by atoms with Crippen molar-refractivity contribution in [1.29, 1.82) is 0 Å². The van der Waals surface area contributed by atoms with Gasteiger partial charge in [0.15, 0.2) is 0 Å². The van der Waals surface area contributed by atoms with Gasteiger partial charge >= 0.3 is 12.4 Å². The SMILES string of the molecule is COc1cc(C(=O)N2CCC3(CC2)NC(C)(C)Cn2c(C(=O)C(F)(F)F)ccc23)ccc1COCCC(F)(F)F. The number of benzene rings is 1. The number of carbonyl (C=O) groups excluding carboxylic acids is 2. The van der Waals surface area contributed by atoms with Crippen LogP contribution in [0.3, 0.4) is 0 Å². The second-order valence-corrected chi connectivity index (χ2v) is 10.8. The average molecular weight is 576 g/mol. The van der Waals surface area contributed by atoms with Gasteiger partial charge in [-0.25, -0.2) is 0 Å². The first-order valence-electron chi connectivity index (χ1n) is 12.8. The minimum atomic E-state index is -4.99. The van der Waals surface area contributed by atoms with Crippen molar-refractivity contribution < 1.29 is 45.4 Å². The number of amides is 1. The Balaban J connectivity index is 1.47. The molecule has 1 amide bonds. The number of piperidine rings is 1. The second kappa shape index (κ2) is 10.7. The molecule has 0 saturated carbocycles. The number of ketones is 1. The number of hydrogen-bond donors (Lipinski definition) is 1. The van der Waals surface area contributed by atoms with Crippen molar-refractivity contribution in [2.75, 3.05) is 26.8 Å². The number of likely N-dealkylation sites (tertiary alicyclic amines) is 1. The number of methoxy groups -OCH3 is 1. The van der Waals surface area contributed by atoms with Crippen molar-refractivity contribution in [2.45, 2.75) is 69.7 Å². The predicted molar refractivity (Wildman–Crippen MR) is 132 cm³/mol. The molecule has 1 saturated heterocycles. The van der Waals surface area contributed by atoms with Crippen LogP contribution in [0.15, 0.2) is 30.3 Å². The lowest BCUT2D eigenvalue weighted by molar-refractivity contribution is -0.146. The minimum absolute atomic E-state index is 0.111. The standard InChI is InChI=1S/C27H31F6N3O4/c1-24(2)16-36-19(22(37)27(31,32)33)6-7-21(36)25(34-24)8-11-35(12-9-25)23(38)17-4-5-18(20(14-17)39-3)15-40-13-10-26(28,29)30/h4-7,14,34H,8-13,15-16H2,1-3H3. The summed E-state index contributed by atoms with van der Waals surface area (Å²) in [6.45, 7) is 3.90. The first-order valence-corrected chi connectivity index (χ1v) is 12.8. The van der Waals surface area contributed by atoms with E-state index in [-0.39, 0.29) is 19.1 Å². The Morgan fingerprint density at radius 3 is 2.30 bits per heavy atom. The lowest BCUT2D eigenvalue weighted by Gasteiger charge is -2.51. The van der Waals surface area contributed by atoms with Crippen LogP contribution in [-0.2, 0) is 23.4 Å². The Labute approximate surface area is 227 Å². The van der Waals surface area contributed by atoms with E-state index in [1.165, 1.54) is 23.8 Å². The van der Waals surface area contributed by atoms with E-state index in [1.54, 1.807) is 23.1 Å². The molecule has 4 rings (SSSR count). The number of hydrogen-bond acceptors (Lipinski definition) is 5. The number of aromatic nitrogens is 1. The van der Waals surface area contributed by atoms with Gasteiger partial charge in [-0.3, -0.25) is 14.9 Å². The molecule has 40 heavy (non-hydrogen) atoms. The van der Waals surface area contributed by atoms with E-state index >= 15 is 0 Å². The maximum atomic E-state index is 13.3. The zero-order valence-corrected chi connectivity index (χ0v) is 22.3. The predicted octanol–water partition coefficient (Wildman–Crippen LogP) is 5.22. The topological polar surface area (TPSA) is 72.8 Å². The summed E-state index contributed by atoms with van der Waals surface area (Å²) in [5, 5.41) is 3.56. The monoisotopic (exact) mass is 575 g/mol. The molecule has 13 heteroatoms. The Hall–Kier alpha value is -3.06. The summed E-state index contributed by atoms with van der Waals surface area (Å²) in [5.74, 6) is -1.86. The molecule has 2 aliphatic heterocycles. The fourth-order valence-corrected chi connectivity index (χ4v) is 5.57. The molecule has 1 N–H and O–H groups in total. The molecule has 0 atom stereocenters. The Morgan fingerprint density at radius 2 is 1.70 bits per heavy atom. The number of ether oxygens (including phenoxy) is 2. The van der Waals surface area contributed by atoms with Gasteiger partial charge in [0, 0.05) is 42.0 Å². The molecule has 220 valence electrons. The van der Waals surface area contributed by atoms with Gasteiger partial charge in [0.1, 0.15) is 5.75 Å². The molecule has 3 heterocycles. The Bertz CT molecular complexity index is 1260. The molecule has 1 aromatic heterocycles. The van der Waals surface area contributed by atoms with Crippen LogP contribution in [0.4, 0.5) is 26.3 Å². The molecule has 7 nitrogen and oxygen atoms in total. The molecule has 0 aliphatic carbocycles. The Morgan fingerprint density at radius 1 is 1.02 bits per heavy atom. The quantitative estimate of drug-likeness (QED) is 0.278. The number of alkyl halides is 6. The number of carbonyl (C=O) groups is 2. The molecule has 2 aliphatic rings. The third-order valence-electron chi connectivity index (χ3n) is 7.32. The van der Waals surface area contributed by atoms with Gasteiger partial charge in [-0.05, 0) is 51.0 Å².